The molecule has 3 atom stereocenters. The normalized spacial score (nSPS) is 13.8. The molecule has 2 N–H and O–H groups in total. The first kappa shape index (κ1) is 76.0. The molecule has 0 heterocycles. The summed E-state index contributed by atoms with van der Waals surface area (Å²) in [4.78, 5) is 25.7. The lowest BCUT2D eigenvalue weighted by Gasteiger charge is -2.30. The lowest BCUT2D eigenvalue weighted by molar-refractivity contribution is -0.870. The summed E-state index contributed by atoms with van der Waals surface area (Å²) in [6, 6.07) is -0.800. The summed E-state index contributed by atoms with van der Waals surface area (Å²) < 4.78 is 23.5. The third kappa shape index (κ3) is 62.4. The molecule has 0 spiro atoms. The van der Waals surface area contributed by atoms with E-state index in [1.165, 1.54) is 283 Å². The summed E-state index contributed by atoms with van der Waals surface area (Å²) in [5.74, 6) is -0.158. The summed E-state index contributed by atoms with van der Waals surface area (Å²) in [6.07, 6.45) is 76.7. The van der Waals surface area contributed by atoms with Gasteiger partial charge in [0.2, 0.25) is 5.91 Å². The minimum atomic E-state index is -4.58. The van der Waals surface area contributed by atoms with E-state index in [1.54, 1.807) is 0 Å². The number of aliphatic hydroxyl groups is 1. The van der Waals surface area contributed by atoms with Crippen molar-refractivity contribution in [3.63, 3.8) is 0 Å². The van der Waals surface area contributed by atoms with Crippen LogP contribution in [-0.4, -0.2) is 68.5 Å². The molecule has 0 fully saturated rings. The summed E-state index contributed by atoms with van der Waals surface area (Å²) in [7, 11) is 1.32. The Morgan fingerprint density at radius 2 is 0.753 bits per heavy atom. The second-order valence-corrected chi connectivity index (χ2v) is 26.3. The number of allylic oxidation sites excluding steroid dienone is 4. The van der Waals surface area contributed by atoms with Crippen LogP contribution in [0.4, 0.5) is 0 Å². The Labute approximate surface area is 481 Å². The summed E-state index contributed by atoms with van der Waals surface area (Å²) >= 11 is 0. The lowest BCUT2D eigenvalue weighted by atomic mass is 10.0. The fourth-order valence-electron chi connectivity index (χ4n) is 10.6. The Balaban J connectivity index is 4.03. The number of phosphoric ester groups is 1. The monoisotopic (exact) mass is 1110 g/mol. The van der Waals surface area contributed by atoms with E-state index in [1.807, 2.05) is 21.1 Å². The molecule has 0 rings (SSSR count). The predicted octanol–water partition coefficient (Wildman–Crippen LogP) is 20.9. The molecular formula is C68H135N2O6P. The highest BCUT2D eigenvalue weighted by molar-refractivity contribution is 7.45. The quantitative estimate of drug-likeness (QED) is 0.0272. The number of carbonyl (C=O) groups excluding carboxylic acids is 1. The lowest BCUT2D eigenvalue weighted by Crippen LogP contribution is -2.46. The van der Waals surface area contributed by atoms with Crippen LogP contribution in [0.2, 0.25) is 0 Å². The highest BCUT2D eigenvalue weighted by atomic mass is 31.2. The van der Waals surface area contributed by atoms with Gasteiger partial charge in [0.1, 0.15) is 13.2 Å². The van der Waals surface area contributed by atoms with Crippen LogP contribution in [0.1, 0.15) is 354 Å². The number of likely N-dealkylation sites (N-methyl/N-ethyl adjacent to an activating group) is 1. The van der Waals surface area contributed by atoms with Crippen LogP contribution in [0.25, 0.3) is 0 Å². The molecule has 0 saturated carbocycles. The topological polar surface area (TPSA) is 108 Å². The van der Waals surface area contributed by atoms with Gasteiger partial charge in [-0.15, -0.1) is 0 Å². The molecule has 458 valence electrons. The molecule has 3 unspecified atom stereocenters. The van der Waals surface area contributed by atoms with Gasteiger partial charge in [-0.25, -0.2) is 0 Å². The van der Waals surface area contributed by atoms with Gasteiger partial charge in [0.25, 0.3) is 7.82 Å². The van der Waals surface area contributed by atoms with Gasteiger partial charge in [0.05, 0.1) is 39.9 Å². The van der Waals surface area contributed by atoms with Gasteiger partial charge in [-0.2, -0.15) is 0 Å². The molecule has 0 aromatic carbocycles. The van der Waals surface area contributed by atoms with Crippen molar-refractivity contribution in [3.8, 4) is 0 Å². The molecule has 0 bridgehead atoms. The van der Waals surface area contributed by atoms with Crippen LogP contribution in [0, 0.1) is 0 Å². The molecule has 0 saturated heterocycles. The number of rotatable bonds is 64. The zero-order chi connectivity index (χ0) is 56.3. The fourth-order valence-corrected chi connectivity index (χ4v) is 11.3. The SMILES string of the molecule is CCCCCCC/C=C\C/C=C\CCCCCCCCCCCCCCCCCC(=O)NC(COP(=O)([O-])OCC[N+](C)(C)C)C(O)CCCCCCCCCCCCCCCCCCCCCCCCCCCCCC. The molecule has 0 aromatic heterocycles. The molecule has 9 heteroatoms. The Bertz CT molecular complexity index is 1300. The van der Waals surface area contributed by atoms with E-state index < -0.39 is 20.0 Å². The standard InChI is InChI=1S/C68H135N2O6P/c1-6-8-10-12-14-16-18-20-22-24-26-28-30-32-34-36-37-39-41-43-45-47-49-51-53-55-57-59-61-67(71)66(65-76-77(73,74)75-64-63-70(3,4)5)69-68(72)62-60-58-56-54-52-50-48-46-44-42-40-38-35-33-31-29-27-25-23-21-19-17-15-13-11-9-7-2/h19,21,25,27,66-67,71H,6-18,20,22-24,26,28-65H2,1-5H3,(H-,69,72,73,74)/b21-19-,27-25-. The number of carbonyl (C=O) groups is 1. The van der Waals surface area contributed by atoms with E-state index in [0.717, 1.165) is 44.9 Å². The van der Waals surface area contributed by atoms with Crippen LogP contribution < -0.4 is 10.2 Å². The summed E-state index contributed by atoms with van der Waals surface area (Å²) in [5.41, 5.74) is 0. The van der Waals surface area contributed by atoms with Crippen molar-refractivity contribution in [1.29, 1.82) is 0 Å². The number of hydrogen-bond acceptors (Lipinski definition) is 6. The van der Waals surface area contributed by atoms with Crippen molar-refractivity contribution in [2.24, 2.45) is 0 Å². The van der Waals surface area contributed by atoms with Crippen LogP contribution >= 0.6 is 7.82 Å². The van der Waals surface area contributed by atoms with E-state index in [0.29, 0.717) is 23.9 Å². The van der Waals surface area contributed by atoms with Gasteiger partial charge in [0.15, 0.2) is 0 Å². The van der Waals surface area contributed by atoms with Crippen LogP contribution in [-0.2, 0) is 18.4 Å². The Morgan fingerprint density at radius 3 is 1.08 bits per heavy atom. The van der Waals surface area contributed by atoms with Crippen molar-refractivity contribution in [2.75, 3.05) is 40.9 Å². The van der Waals surface area contributed by atoms with Crippen molar-refractivity contribution < 1.29 is 32.9 Å². The first-order valence-corrected chi connectivity index (χ1v) is 35.6. The first-order valence-electron chi connectivity index (χ1n) is 34.2. The Hall–Kier alpha value is -1.02. The zero-order valence-electron chi connectivity index (χ0n) is 52.4. The second-order valence-electron chi connectivity index (χ2n) is 24.9. The van der Waals surface area contributed by atoms with Crippen molar-refractivity contribution in [1.82, 2.24) is 5.32 Å². The average molecular weight is 1110 g/mol. The van der Waals surface area contributed by atoms with Gasteiger partial charge in [-0.3, -0.25) is 9.36 Å². The molecule has 0 aliphatic carbocycles. The molecule has 77 heavy (non-hydrogen) atoms. The number of nitrogens with zero attached hydrogens (tertiary/aromatic N) is 1. The van der Waals surface area contributed by atoms with E-state index in [4.69, 9.17) is 9.05 Å². The third-order valence-electron chi connectivity index (χ3n) is 15.9. The van der Waals surface area contributed by atoms with E-state index in [-0.39, 0.29) is 19.1 Å². The maximum absolute atomic E-state index is 13.0. The average Bonchev–Trinajstić information content (AvgIpc) is 3.39. The van der Waals surface area contributed by atoms with Crippen LogP contribution in [0.5, 0.6) is 0 Å². The largest absolute Gasteiger partial charge is 0.756 e. The number of quaternary nitrogens is 1. The smallest absolute Gasteiger partial charge is 0.268 e. The summed E-state index contributed by atoms with van der Waals surface area (Å²) in [6.45, 7) is 4.77. The maximum atomic E-state index is 13.0. The Morgan fingerprint density at radius 1 is 0.455 bits per heavy atom. The number of phosphoric acid groups is 1. The molecular weight excluding hydrogens is 972 g/mol. The predicted molar refractivity (Wildman–Crippen MR) is 335 cm³/mol. The number of aliphatic hydroxyl groups excluding tert-OH is 1. The van der Waals surface area contributed by atoms with E-state index in [2.05, 4.69) is 43.5 Å². The van der Waals surface area contributed by atoms with Crippen molar-refractivity contribution in [2.45, 2.75) is 366 Å². The molecule has 0 aromatic rings. The van der Waals surface area contributed by atoms with Crippen LogP contribution in [0.15, 0.2) is 24.3 Å². The van der Waals surface area contributed by atoms with Gasteiger partial charge in [-0.1, -0.05) is 327 Å². The van der Waals surface area contributed by atoms with Gasteiger partial charge in [-0.05, 0) is 44.9 Å². The zero-order valence-corrected chi connectivity index (χ0v) is 53.3. The first-order chi connectivity index (χ1) is 37.5. The van der Waals surface area contributed by atoms with Crippen molar-refractivity contribution in [3.05, 3.63) is 24.3 Å². The maximum Gasteiger partial charge on any atom is 0.268 e. The molecule has 8 nitrogen and oxygen atoms in total. The van der Waals surface area contributed by atoms with Crippen molar-refractivity contribution >= 4 is 13.7 Å². The van der Waals surface area contributed by atoms with E-state index in [9.17, 15) is 19.4 Å². The number of unbranched alkanes of at least 4 members (excludes halogenated alkanes) is 47. The summed E-state index contributed by atoms with van der Waals surface area (Å²) in [5, 5.41) is 14.1. The van der Waals surface area contributed by atoms with Crippen LogP contribution in [0.3, 0.4) is 0 Å². The van der Waals surface area contributed by atoms with E-state index >= 15 is 0 Å². The molecule has 0 radical (unpaired) electrons. The number of hydrogen-bond donors (Lipinski definition) is 2. The fraction of sp³-hybridized carbons (Fsp3) is 0.926. The highest BCUT2D eigenvalue weighted by Crippen LogP contribution is 2.38. The van der Waals surface area contributed by atoms with Gasteiger partial charge in [0, 0.05) is 6.42 Å². The third-order valence-corrected chi connectivity index (χ3v) is 16.9. The van der Waals surface area contributed by atoms with Gasteiger partial charge >= 0.3 is 0 Å². The molecule has 1 amide bonds. The Kier molecular flexibility index (Phi) is 58.8. The second kappa shape index (κ2) is 59.6. The minimum Gasteiger partial charge on any atom is -0.756 e. The molecule has 0 aliphatic heterocycles. The minimum absolute atomic E-state index is 0.0144. The highest BCUT2D eigenvalue weighted by Gasteiger charge is 2.24. The number of amides is 1. The molecule has 0 aliphatic rings. The number of nitrogens with one attached hydrogen (secondary N) is 1. The van der Waals surface area contributed by atoms with Gasteiger partial charge < -0.3 is 28.8 Å².